The zero-order valence-corrected chi connectivity index (χ0v) is 12.9. The molecule has 0 radical (unpaired) electrons. The molecule has 0 spiro atoms. The van der Waals surface area contributed by atoms with Crippen molar-refractivity contribution in [2.24, 2.45) is 0 Å². The number of nitrogens with zero attached hydrogens (tertiary/aromatic N) is 1. The van der Waals surface area contributed by atoms with Gasteiger partial charge < -0.3 is 5.73 Å². The van der Waals surface area contributed by atoms with Gasteiger partial charge in [0.1, 0.15) is 4.90 Å². The molecule has 4 N–H and O–H groups in total. The van der Waals surface area contributed by atoms with Crippen LogP contribution in [0.2, 0.25) is 5.02 Å². The number of aromatic nitrogens is 2. The Kier molecular flexibility index (Phi) is 3.75. The highest BCUT2D eigenvalue weighted by atomic mass is 79.9. The number of aromatic amines is 1. The minimum Gasteiger partial charge on any atom is -0.398 e. The summed E-state index contributed by atoms with van der Waals surface area (Å²) in [4.78, 5) is -0.0434. The molecule has 1 aromatic heterocycles. The van der Waals surface area contributed by atoms with Gasteiger partial charge in [-0.15, -0.1) is 0 Å². The third kappa shape index (κ3) is 3.02. The van der Waals surface area contributed by atoms with Crippen molar-refractivity contribution in [2.45, 2.75) is 11.8 Å². The number of anilines is 2. The number of nitrogens with one attached hydrogen (secondary N) is 2. The Morgan fingerprint density at radius 1 is 1.42 bits per heavy atom. The predicted molar refractivity (Wildman–Crippen MR) is 77.7 cm³/mol. The first-order chi connectivity index (χ1) is 8.79. The summed E-state index contributed by atoms with van der Waals surface area (Å²) in [5.74, 6) is 0.197. The lowest BCUT2D eigenvalue weighted by molar-refractivity contribution is 0.600. The third-order valence-electron chi connectivity index (χ3n) is 2.27. The average molecular weight is 366 g/mol. The summed E-state index contributed by atoms with van der Waals surface area (Å²) in [6.45, 7) is 1.76. The molecule has 9 heteroatoms. The summed E-state index contributed by atoms with van der Waals surface area (Å²) < 4.78 is 27.1. The average Bonchev–Trinajstić information content (AvgIpc) is 2.68. The van der Waals surface area contributed by atoms with Gasteiger partial charge in [-0.3, -0.25) is 9.82 Å². The van der Waals surface area contributed by atoms with E-state index >= 15 is 0 Å². The smallest absolute Gasteiger partial charge is 0.264 e. The summed E-state index contributed by atoms with van der Waals surface area (Å²) in [6, 6.07) is 4.34. The zero-order valence-electron chi connectivity index (χ0n) is 9.74. The van der Waals surface area contributed by atoms with Gasteiger partial charge in [-0.25, -0.2) is 8.42 Å². The van der Waals surface area contributed by atoms with Crippen molar-refractivity contribution in [3.63, 3.8) is 0 Å². The van der Waals surface area contributed by atoms with Crippen LogP contribution in [-0.2, 0) is 10.0 Å². The molecule has 1 aromatic carbocycles. The molecule has 0 aliphatic heterocycles. The predicted octanol–water partition coefficient (Wildman–Crippen LogP) is 2.52. The molecule has 2 aromatic rings. The molecule has 0 atom stereocenters. The van der Waals surface area contributed by atoms with E-state index in [4.69, 9.17) is 17.3 Å². The Labute approximate surface area is 123 Å². The fourth-order valence-electron chi connectivity index (χ4n) is 1.44. The molecule has 0 fully saturated rings. The van der Waals surface area contributed by atoms with Crippen LogP contribution >= 0.6 is 27.5 Å². The molecule has 102 valence electrons. The highest BCUT2D eigenvalue weighted by Gasteiger charge is 2.21. The maximum Gasteiger partial charge on any atom is 0.264 e. The lowest BCUT2D eigenvalue weighted by Crippen LogP contribution is -2.14. The van der Waals surface area contributed by atoms with E-state index in [9.17, 15) is 8.42 Å². The van der Waals surface area contributed by atoms with E-state index in [0.29, 0.717) is 0 Å². The van der Waals surface area contributed by atoms with Gasteiger partial charge in [0.15, 0.2) is 5.82 Å². The van der Waals surface area contributed by atoms with Crippen molar-refractivity contribution >= 4 is 49.1 Å². The van der Waals surface area contributed by atoms with Crippen molar-refractivity contribution < 1.29 is 8.42 Å². The Morgan fingerprint density at radius 2 is 2.11 bits per heavy atom. The summed E-state index contributed by atoms with van der Waals surface area (Å²) in [6.07, 6.45) is 0. The minimum atomic E-state index is -3.82. The van der Waals surface area contributed by atoms with Gasteiger partial charge in [-0.1, -0.05) is 11.6 Å². The van der Waals surface area contributed by atoms with Crippen LogP contribution in [0.1, 0.15) is 5.69 Å². The highest BCUT2D eigenvalue weighted by molar-refractivity contribution is 9.10. The number of sulfonamides is 1. The number of rotatable bonds is 3. The SMILES string of the molecule is Cc1cc(NS(=O)(=O)c2cc(Cl)cc(N)c2Br)n[nH]1. The summed E-state index contributed by atoms with van der Waals surface area (Å²) in [5, 5.41) is 6.68. The van der Waals surface area contributed by atoms with Gasteiger partial charge in [0, 0.05) is 22.5 Å². The first-order valence-electron chi connectivity index (χ1n) is 5.09. The molecule has 0 aliphatic carbocycles. The second-order valence-electron chi connectivity index (χ2n) is 3.85. The Balaban J connectivity index is 2.45. The van der Waals surface area contributed by atoms with E-state index in [0.717, 1.165) is 5.69 Å². The monoisotopic (exact) mass is 364 g/mol. The molecule has 19 heavy (non-hydrogen) atoms. The second-order valence-corrected chi connectivity index (χ2v) is 6.73. The first kappa shape index (κ1) is 14.2. The fourth-order valence-corrected chi connectivity index (χ4v) is 3.73. The maximum atomic E-state index is 12.2. The van der Waals surface area contributed by atoms with Gasteiger partial charge in [0.05, 0.1) is 4.47 Å². The topological polar surface area (TPSA) is 101 Å². The van der Waals surface area contributed by atoms with Crippen LogP contribution in [0.5, 0.6) is 0 Å². The van der Waals surface area contributed by atoms with E-state index < -0.39 is 10.0 Å². The zero-order chi connectivity index (χ0) is 14.2. The first-order valence-corrected chi connectivity index (χ1v) is 7.74. The van der Waals surface area contributed by atoms with Crippen LogP contribution < -0.4 is 10.5 Å². The number of H-pyrrole nitrogens is 1. The largest absolute Gasteiger partial charge is 0.398 e. The molecular formula is C10H10BrClN4O2S. The second kappa shape index (κ2) is 5.03. The molecule has 0 unspecified atom stereocenters. The number of benzene rings is 1. The minimum absolute atomic E-state index is 0.0434. The standard InChI is InChI=1S/C10H10BrClN4O2S/c1-5-2-9(15-14-5)16-19(17,18)8-4-6(12)3-7(13)10(8)11/h2-4H,13H2,1H3,(H2,14,15,16). The van der Waals surface area contributed by atoms with E-state index in [1.54, 1.807) is 13.0 Å². The fraction of sp³-hybridized carbons (Fsp3) is 0.100. The van der Waals surface area contributed by atoms with Crippen molar-refractivity contribution in [3.05, 3.63) is 33.4 Å². The van der Waals surface area contributed by atoms with Crippen LogP contribution in [0.3, 0.4) is 0 Å². The lowest BCUT2D eigenvalue weighted by atomic mass is 10.3. The van der Waals surface area contributed by atoms with Crippen LogP contribution in [0.15, 0.2) is 27.6 Å². The van der Waals surface area contributed by atoms with Crippen molar-refractivity contribution in [3.8, 4) is 0 Å². The number of halogens is 2. The van der Waals surface area contributed by atoms with Crippen molar-refractivity contribution in [1.29, 1.82) is 0 Å². The Bertz CT molecular complexity index is 729. The molecule has 0 saturated carbocycles. The van der Waals surface area contributed by atoms with E-state index in [1.165, 1.54) is 12.1 Å². The van der Waals surface area contributed by atoms with Gasteiger partial charge in [-0.2, -0.15) is 5.10 Å². The number of nitrogens with two attached hydrogens (primary N) is 1. The normalized spacial score (nSPS) is 11.5. The van der Waals surface area contributed by atoms with Crippen LogP contribution in [-0.4, -0.2) is 18.6 Å². The molecule has 2 rings (SSSR count). The molecule has 0 saturated heterocycles. The maximum absolute atomic E-state index is 12.2. The number of hydrogen-bond donors (Lipinski definition) is 3. The Hall–Kier alpha value is -1.25. The summed E-state index contributed by atoms with van der Waals surface area (Å²) in [7, 11) is -3.82. The number of aryl methyl sites for hydroxylation is 1. The highest BCUT2D eigenvalue weighted by Crippen LogP contribution is 2.32. The van der Waals surface area contributed by atoms with Gasteiger partial charge in [-0.05, 0) is 35.0 Å². The summed E-state index contributed by atoms with van der Waals surface area (Å²) in [5.41, 5.74) is 6.65. The third-order valence-corrected chi connectivity index (χ3v) is 5.01. The summed E-state index contributed by atoms with van der Waals surface area (Å²) >= 11 is 8.96. The quantitative estimate of drug-likeness (QED) is 0.727. The Morgan fingerprint density at radius 3 is 2.68 bits per heavy atom. The number of nitrogen functional groups attached to an aromatic ring is 1. The van der Waals surface area contributed by atoms with Crippen LogP contribution in [0.25, 0.3) is 0 Å². The van der Waals surface area contributed by atoms with Crippen molar-refractivity contribution in [1.82, 2.24) is 10.2 Å². The van der Waals surface area contributed by atoms with Gasteiger partial charge in [0.25, 0.3) is 10.0 Å². The molecule has 0 aliphatic rings. The van der Waals surface area contributed by atoms with Gasteiger partial charge >= 0.3 is 0 Å². The van der Waals surface area contributed by atoms with Crippen molar-refractivity contribution in [2.75, 3.05) is 10.5 Å². The van der Waals surface area contributed by atoms with E-state index in [-0.39, 0.29) is 25.9 Å². The van der Waals surface area contributed by atoms with E-state index in [2.05, 4.69) is 30.8 Å². The molecule has 6 nitrogen and oxygen atoms in total. The number of hydrogen-bond acceptors (Lipinski definition) is 4. The molecule has 1 heterocycles. The van der Waals surface area contributed by atoms with Crippen LogP contribution in [0.4, 0.5) is 11.5 Å². The molecule has 0 amide bonds. The van der Waals surface area contributed by atoms with Gasteiger partial charge in [0.2, 0.25) is 0 Å². The van der Waals surface area contributed by atoms with Crippen LogP contribution in [0, 0.1) is 6.92 Å². The lowest BCUT2D eigenvalue weighted by Gasteiger charge is -2.09. The van der Waals surface area contributed by atoms with E-state index in [1.807, 2.05) is 0 Å². The molecular weight excluding hydrogens is 356 g/mol. The molecule has 0 bridgehead atoms.